The monoisotopic (exact) mass is 600 g/mol. The third-order valence-electron chi connectivity index (χ3n) is 7.76. The SMILES string of the molecule is COCC[C@H](c1cnn2cc(C(NC(=O)c3nonc3C)C3CCC(F)(F)CC3)nc2c1)N1C[C@@H](C(F)(F)F)NC1=O. The number of methoxy groups -OCH3 is 1. The maximum atomic E-state index is 14.0. The highest BCUT2D eigenvalue weighted by Gasteiger charge is 2.48. The minimum Gasteiger partial charge on any atom is -0.385 e. The Kier molecular flexibility index (Phi) is 8.04. The van der Waals surface area contributed by atoms with Crippen LogP contribution in [0.4, 0.5) is 26.7 Å². The Labute approximate surface area is 235 Å². The molecule has 3 aromatic rings. The fourth-order valence-electron chi connectivity index (χ4n) is 5.46. The number of ether oxygens (including phenoxy) is 1. The van der Waals surface area contributed by atoms with E-state index in [2.05, 4.69) is 30.3 Å². The Balaban J connectivity index is 1.45. The van der Waals surface area contributed by atoms with Crippen molar-refractivity contribution in [1.82, 2.24) is 40.4 Å². The van der Waals surface area contributed by atoms with Gasteiger partial charge in [-0.25, -0.2) is 27.7 Å². The molecule has 0 spiro atoms. The van der Waals surface area contributed by atoms with Gasteiger partial charge in [0.15, 0.2) is 11.3 Å². The van der Waals surface area contributed by atoms with Crippen LogP contribution < -0.4 is 10.6 Å². The summed E-state index contributed by atoms with van der Waals surface area (Å²) in [6.45, 7) is 1.11. The number of carbonyl (C=O) groups excluding carboxylic acids is 2. The molecule has 2 N–H and O–H groups in total. The quantitative estimate of drug-likeness (QED) is 0.354. The van der Waals surface area contributed by atoms with Crippen LogP contribution in [0.3, 0.4) is 0 Å². The molecule has 4 heterocycles. The molecule has 1 unspecified atom stereocenters. The van der Waals surface area contributed by atoms with Gasteiger partial charge in [-0.15, -0.1) is 0 Å². The predicted molar refractivity (Wildman–Crippen MR) is 133 cm³/mol. The molecular formula is C25H29F5N8O4. The van der Waals surface area contributed by atoms with Gasteiger partial charge in [-0.2, -0.15) is 18.3 Å². The van der Waals surface area contributed by atoms with Crippen molar-refractivity contribution in [3.05, 3.63) is 41.1 Å². The van der Waals surface area contributed by atoms with E-state index in [9.17, 15) is 31.5 Å². The van der Waals surface area contributed by atoms with Gasteiger partial charge in [-0.1, -0.05) is 5.16 Å². The van der Waals surface area contributed by atoms with Crippen LogP contribution in [0.15, 0.2) is 23.1 Å². The summed E-state index contributed by atoms with van der Waals surface area (Å²) in [5.41, 5.74) is 1.27. The third kappa shape index (κ3) is 6.15. The molecule has 42 heavy (non-hydrogen) atoms. The van der Waals surface area contributed by atoms with E-state index in [1.807, 2.05) is 5.32 Å². The highest BCUT2D eigenvalue weighted by Crippen LogP contribution is 2.41. The van der Waals surface area contributed by atoms with Gasteiger partial charge < -0.3 is 20.3 Å². The zero-order valence-corrected chi connectivity index (χ0v) is 22.7. The van der Waals surface area contributed by atoms with E-state index >= 15 is 0 Å². The van der Waals surface area contributed by atoms with E-state index in [1.54, 1.807) is 12.3 Å². The Hall–Kier alpha value is -3.89. The van der Waals surface area contributed by atoms with Crippen molar-refractivity contribution in [1.29, 1.82) is 0 Å². The molecule has 1 aliphatic heterocycles. The van der Waals surface area contributed by atoms with Gasteiger partial charge in [0, 0.05) is 26.6 Å². The molecule has 0 bridgehead atoms. The topological polar surface area (TPSA) is 140 Å². The van der Waals surface area contributed by atoms with Crippen molar-refractivity contribution in [3.63, 3.8) is 0 Å². The van der Waals surface area contributed by atoms with Crippen LogP contribution in [-0.4, -0.2) is 80.2 Å². The van der Waals surface area contributed by atoms with Crippen LogP contribution in [0.5, 0.6) is 0 Å². The maximum absolute atomic E-state index is 14.0. The summed E-state index contributed by atoms with van der Waals surface area (Å²) in [6.07, 6.45) is -1.87. The number of aryl methyl sites for hydroxylation is 1. The second kappa shape index (κ2) is 11.4. The molecule has 3 aromatic heterocycles. The van der Waals surface area contributed by atoms with E-state index < -0.39 is 48.7 Å². The smallest absolute Gasteiger partial charge is 0.385 e. The molecule has 2 aliphatic rings. The molecule has 0 radical (unpaired) electrons. The largest absolute Gasteiger partial charge is 0.410 e. The average molecular weight is 601 g/mol. The first-order chi connectivity index (χ1) is 19.9. The third-order valence-corrected chi connectivity index (χ3v) is 7.76. The lowest BCUT2D eigenvalue weighted by molar-refractivity contribution is -0.150. The number of imidazole rings is 1. The predicted octanol–water partition coefficient (Wildman–Crippen LogP) is 3.75. The number of rotatable bonds is 9. The Morgan fingerprint density at radius 2 is 2.02 bits per heavy atom. The van der Waals surface area contributed by atoms with Crippen LogP contribution in [0.25, 0.3) is 5.65 Å². The van der Waals surface area contributed by atoms with Crippen molar-refractivity contribution < 1.29 is 40.9 Å². The molecule has 17 heteroatoms. The number of nitrogens with one attached hydrogen (secondary N) is 2. The van der Waals surface area contributed by atoms with Crippen molar-refractivity contribution in [2.24, 2.45) is 5.92 Å². The summed E-state index contributed by atoms with van der Waals surface area (Å²) in [4.78, 5) is 31.2. The number of urea groups is 1. The second-order valence-corrected chi connectivity index (χ2v) is 10.6. The first kappa shape index (κ1) is 29.6. The van der Waals surface area contributed by atoms with Gasteiger partial charge in [0.1, 0.15) is 11.7 Å². The summed E-state index contributed by atoms with van der Waals surface area (Å²) >= 11 is 0. The fourth-order valence-corrected chi connectivity index (χ4v) is 5.46. The van der Waals surface area contributed by atoms with Crippen LogP contribution in [0.2, 0.25) is 0 Å². The molecule has 1 saturated carbocycles. The molecule has 1 saturated heterocycles. The summed E-state index contributed by atoms with van der Waals surface area (Å²) in [5, 5.41) is 16.4. The molecule has 228 valence electrons. The minimum atomic E-state index is -4.61. The Morgan fingerprint density at radius 3 is 2.64 bits per heavy atom. The molecular weight excluding hydrogens is 571 g/mol. The van der Waals surface area contributed by atoms with Gasteiger partial charge in [-0.05, 0) is 48.9 Å². The number of alkyl halides is 5. The zero-order valence-electron chi connectivity index (χ0n) is 22.7. The number of hydrogen-bond acceptors (Lipinski definition) is 8. The average Bonchev–Trinajstić information content (AvgIpc) is 3.65. The van der Waals surface area contributed by atoms with Gasteiger partial charge in [0.05, 0.1) is 36.7 Å². The standard InChI is InChI=1S/C25H29F5N8O4/c1-13-20(36-42-35-13)22(39)34-21(14-3-6-24(26,27)7-4-14)16-11-38-19(32-16)9-15(10-31-38)17(5-8-41-2)37-12-18(25(28,29)30)33-23(37)40/h9-11,14,17-18,21H,3-8,12H2,1-2H3,(H,33,40)(H,34,39)/t17-,18+,21?/m1/s1. The van der Waals surface area contributed by atoms with E-state index in [-0.39, 0.29) is 61.7 Å². The number of hydrogen-bond donors (Lipinski definition) is 2. The van der Waals surface area contributed by atoms with Gasteiger partial charge >= 0.3 is 12.2 Å². The lowest BCUT2D eigenvalue weighted by Gasteiger charge is -2.33. The van der Waals surface area contributed by atoms with E-state index in [4.69, 9.17) is 4.74 Å². The molecule has 0 aromatic carbocycles. The van der Waals surface area contributed by atoms with Gasteiger partial charge in [0.25, 0.3) is 5.91 Å². The summed E-state index contributed by atoms with van der Waals surface area (Å²) in [6, 6.07) is -2.87. The molecule has 3 atom stereocenters. The van der Waals surface area contributed by atoms with Crippen molar-refractivity contribution in [3.8, 4) is 0 Å². The lowest BCUT2D eigenvalue weighted by atomic mass is 9.81. The van der Waals surface area contributed by atoms with Crippen molar-refractivity contribution >= 4 is 17.6 Å². The molecule has 1 aliphatic carbocycles. The van der Waals surface area contributed by atoms with Crippen molar-refractivity contribution in [2.75, 3.05) is 20.3 Å². The summed E-state index contributed by atoms with van der Waals surface area (Å²) in [5.74, 6) is -3.78. The molecule has 3 amide bonds. The number of carbonyl (C=O) groups is 2. The van der Waals surface area contributed by atoms with Gasteiger partial charge in [0.2, 0.25) is 5.92 Å². The first-order valence-electron chi connectivity index (χ1n) is 13.3. The van der Waals surface area contributed by atoms with E-state index in [0.29, 0.717) is 11.3 Å². The number of amides is 3. The molecule has 5 rings (SSSR count). The van der Waals surface area contributed by atoms with Crippen LogP contribution in [0, 0.1) is 12.8 Å². The maximum Gasteiger partial charge on any atom is 0.410 e. The second-order valence-electron chi connectivity index (χ2n) is 10.6. The highest BCUT2D eigenvalue weighted by molar-refractivity contribution is 5.93. The Bertz CT molecular complexity index is 1430. The minimum absolute atomic E-state index is 0.0487. The van der Waals surface area contributed by atoms with Crippen LogP contribution in [-0.2, 0) is 4.74 Å². The van der Waals surface area contributed by atoms with Crippen LogP contribution in [0.1, 0.15) is 71.6 Å². The first-order valence-corrected chi connectivity index (χ1v) is 13.3. The Morgan fingerprint density at radius 1 is 1.29 bits per heavy atom. The summed E-state index contributed by atoms with van der Waals surface area (Å²) in [7, 11) is 1.44. The molecule has 12 nitrogen and oxygen atoms in total. The van der Waals surface area contributed by atoms with Crippen molar-refractivity contribution in [2.45, 2.75) is 69.3 Å². The van der Waals surface area contributed by atoms with E-state index in [1.165, 1.54) is 24.7 Å². The normalized spacial score (nSPS) is 21.0. The molecule has 2 fully saturated rings. The number of halogens is 5. The number of aromatic nitrogens is 5. The number of fused-ring (bicyclic) bond motifs is 1. The van der Waals surface area contributed by atoms with E-state index in [0.717, 1.165) is 4.90 Å². The number of nitrogens with zero attached hydrogens (tertiary/aromatic N) is 6. The van der Waals surface area contributed by atoms with Crippen LogP contribution >= 0.6 is 0 Å². The fraction of sp³-hybridized carbons (Fsp3) is 0.600. The van der Waals surface area contributed by atoms with Gasteiger partial charge in [-0.3, -0.25) is 4.79 Å². The lowest BCUT2D eigenvalue weighted by Crippen LogP contribution is -2.40. The summed E-state index contributed by atoms with van der Waals surface area (Å²) < 4.78 is 79.1. The highest BCUT2D eigenvalue weighted by atomic mass is 19.4. The zero-order chi connectivity index (χ0) is 30.2.